The molecule has 2 aliphatic heterocycles. The maximum atomic E-state index is 13.4. The van der Waals surface area contributed by atoms with Gasteiger partial charge in [-0.2, -0.15) is 5.10 Å². The molecule has 0 unspecified atom stereocenters. The Morgan fingerprint density at radius 3 is 2.80 bits per heavy atom. The van der Waals surface area contributed by atoms with Gasteiger partial charge in [-0.3, -0.25) is 9.59 Å². The molecule has 4 heterocycles. The third kappa shape index (κ3) is 3.16. The van der Waals surface area contributed by atoms with Crippen LogP contribution in [-0.4, -0.2) is 38.2 Å². The summed E-state index contributed by atoms with van der Waals surface area (Å²) in [6.45, 7) is 3.52. The fourth-order valence-electron chi connectivity index (χ4n) is 5.26. The highest BCUT2D eigenvalue weighted by Crippen LogP contribution is 2.43. The van der Waals surface area contributed by atoms with E-state index < -0.39 is 0 Å². The van der Waals surface area contributed by atoms with E-state index in [0.29, 0.717) is 24.6 Å². The van der Waals surface area contributed by atoms with Gasteiger partial charge in [0.05, 0.1) is 5.69 Å². The van der Waals surface area contributed by atoms with Crippen LogP contribution in [0.5, 0.6) is 0 Å². The maximum absolute atomic E-state index is 13.4. The minimum Gasteiger partial charge on any atom is -0.338 e. The van der Waals surface area contributed by atoms with Gasteiger partial charge in [-0.1, -0.05) is 25.5 Å². The summed E-state index contributed by atoms with van der Waals surface area (Å²) < 4.78 is 3.78. The van der Waals surface area contributed by atoms with Gasteiger partial charge in [0.2, 0.25) is 0 Å². The van der Waals surface area contributed by atoms with E-state index in [0.717, 1.165) is 30.6 Å². The van der Waals surface area contributed by atoms with Gasteiger partial charge in [-0.15, -0.1) is 0 Å². The van der Waals surface area contributed by atoms with Crippen LogP contribution >= 0.6 is 0 Å². The molecule has 154 valence electrons. The van der Waals surface area contributed by atoms with Crippen molar-refractivity contribution in [3.8, 4) is 5.69 Å². The lowest BCUT2D eigenvalue weighted by Gasteiger charge is -2.47. The molecule has 5 rings (SSSR count). The molecule has 1 aromatic carbocycles. The number of carbonyl (C=O) groups is 1. The van der Waals surface area contributed by atoms with Crippen LogP contribution in [0.3, 0.4) is 0 Å². The van der Waals surface area contributed by atoms with Crippen LogP contribution in [0.15, 0.2) is 65.7 Å². The molecular formula is C24H26N4O2. The third-order valence-corrected chi connectivity index (χ3v) is 6.53. The Balaban J connectivity index is 1.46. The minimum absolute atomic E-state index is 0.0562. The zero-order chi connectivity index (χ0) is 20.7. The van der Waals surface area contributed by atoms with Crippen molar-refractivity contribution in [1.29, 1.82) is 0 Å². The summed E-state index contributed by atoms with van der Waals surface area (Å²) in [5.41, 5.74) is 2.73. The van der Waals surface area contributed by atoms with E-state index in [1.54, 1.807) is 16.9 Å². The Bertz CT molecular complexity index is 1120. The van der Waals surface area contributed by atoms with Gasteiger partial charge >= 0.3 is 0 Å². The SMILES string of the molecule is CCC[C@H]1[C@H]2C[C@H](CN(C(=O)c3cccc(-n4cccn4)c3)C2)c2cccc(=O)n21. The molecule has 0 saturated carbocycles. The highest BCUT2D eigenvalue weighted by Gasteiger charge is 2.41. The molecule has 3 aromatic rings. The molecule has 6 nitrogen and oxygen atoms in total. The summed E-state index contributed by atoms with van der Waals surface area (Å²) in [5, 5.41) is 4.27. The Morgan fingerprint density at radius 2 is 2.00 bits per heavy atom. The number of piperidine rings is 1. The number of amides is 1. The fourth-order valence-corrected chi connectivity index (χ4v) is 5.26. The normalized spacial score (nSPS) is 22.6. The molecule has 0 radical (unpaired) electrons. The zero-order valence-electron chi connectivity index (χ0n) is 17.1. The van der Waals surface area contributed by atoms with Crippen molar-refractivity contribution in [1.82, 2.24) is 19.2 Å². The molecule has 3 atom stereocenters. The molecule has 6 heteroatoms. The number of carbonyl (C=O) groups excluding carboxylic acids is 1. The second kappa shape index (κ2) is 7.59. The first-order valence-corrected chi connectivity index (χ1v) is 10.8. The largest absolute Gasteiger partial charge is 0.338 e. The Hall–Kier alpha value is -3.15. The number of hydrogen-bond donors (Lipinski definition) is 0. The number of likely N-dealkylation sites (tertiary alicyclic amines) is 1. The van der Waals surface area contributed by atoms with E-state index in [2.05, 4.69) is 18.1 Å². The van der Waals surface area contributed by atoms with E-state index in [9.17, 15) is 9.59 Å². The first-order valence-electron chi connectivity index (χ1n) is 10.8. The van der Waals surface area contributed by atoms with Crippen LogP contribution in [0.25, 0.3) is 5.69 Å². The van der Waals surface area contributed by atoms with Gasteiger partial charge in [0.1, 0.15) is 0 Å². The van der Waals surface area contributed by atoms with Crippen molar-refractivity contribution in [2.45, 2.75) is 38.1 Å². The van der Waals surface area contributed by atoms with E-state index in [1.165, 1.54) is 0 Å². The summed E-state index contributed by atoms with van der Waals surface area (Å²) in [4.78, 5) is 28.1. The highest BCUT2D eigenvalue weighted by molar-refractivity contribution is 5.95. The van der Waals surface area contributed by atoms with E-state index in [-0.39, 0.29) is 23.4 Å². The van der Waals surface area contributed by atoms with Crippen LogP contribution in [0.2, 0.25) is 0 Å². The molecule has 0 spiro atoms. The van der Waals surface area contributed by atoms with Gasteiger partial charge in [0.25, 0.3) is 11.5 Å². The number of nitrogens with zero attached hydrogens (tertiary/aromatic N) is 4. The lowest BCUT2D eigenvalue weighted by molar-refractivity contribution is 0.0518. The zero-order valence-corrected chi connectivity index (χ0v) is 17.1. The van der Waals surface area contributed by atoms with E-state index in [4.69, 9.17) is 0 Å². The number of aromatic nitrogens is 3. The standard InChI is InChI=1S/C24H26N4O2/c1-2-6-21-18-13-19(22-9-4-10-23(29)28(21)22)16-26(15-18)24(30)17-7-3-8-20(14-17)27-12-5-11-25-27/h3-5,7-12,14,18-19,21H,2,6,13,15-16H2,1H3/t18-,19+,21-/m0/s1. The van der Waals surface area contributed by atoms with Crippen molar-refractivity contribution in [2.75, 3.05) is 13.1 Å². The number of hydrogen-bond acceptors (Lipinski definition) is 3. The van der Waals surface area contributed by atoms with Crippen LogP contribution in [0.4, 0.5) is 0 Å². The molecule has 1 saturated heterocycles. The number of fused-ring (bicyclic) bond motifs is 4. The molecule has 1 fully saturated rings. The second-order valence-corrected chi connectivity index (χ2v) is 8.42. The smallest absolute Gasteiger partial charge is 0.253 e. The topological polar surface area (TPSA) is 60.1 Å². The quantitative estimate of drug-likeness (QED) is 0.670. The van der Waals surface area contributed by atoms with Crippen molar-refractivity contribution in [3.05, 3.63) is 82.5 Å². The molecular weight excluding hydrogens is 376 g/mol. The Morgan fingerprint density at radius 1 is 1.13 bits per heavy atom. The predicted octanol–water partition coefficient (Wildman–Crippen LogP) is 3.63. The van der Waals surface area contributed by atoms with Crippen molar-refractivity contribution < 1.29 is 4.79 Å². The number of pyridine rings is 1. The van der Waals surface area contributed by atoms with Gasteiger partial charge < -0.3 is 9.47 Å². The van der Waals surface area contributed by atoms with Gasteiger partial charge in [-0.25, -0.2) is 4.68 Å². The predicted molar refractivity (Wildman–Crippen MR) is 115 cm³/mol. The first kappa shape index (κ1) is 18.9. The van der Waals surface area contributed by atoms with Crippen molar-refractivity contribution in [3.63, 3.8) is 0 Å². The molecule has 2 bridgehead atoms. The molecule has 0 aliphatic carbocycles. The van der Waals surface area contributed by atoms with E-state index in [1.807, 2.05) is 52.1 Å². The Kier molecular flexibility index (Phi) is 4.77. The lowest BCUT2D eigenvalue weighted by Crippen LogP contribution is -2.51. The first-order chi connectivity index (χ1) is 14.7. The van der Waals surface area contributed by atoms with Crippen LogP contribution in [0.1, 0.15) is 54.2 Å². The monoisotopic (exact) mass is 402 g/mol. The lowest BCUT2D eigenvalue weighted by atomic mass is 9.77. The summed E-state index contributed by atoms with van der Waals surface area (Å²) in [6, 6.07) is 15.3. The molecule has 1 amide bonds. The van der Waals surface area contributed by atoms with Crippen LogP contribution in [-0.2, 0) is 0 Å². The van der Waals surface area contributed by atoms with Crippen LogP contribution in [0, 0.1) is 5.92 Å². The van der Waals surface area contributed by atoms with Gasteiger partial charge in [0.15, 0.2) is 0 Å². The molecule has 30 heavy (non-hydrogen) atoms. The highest BCUT2D eigenvalue weighted by atomic mass is 16.2. The summed E-state index contributed by atoms with van der Waals surface area (Å²) in [5.74, 6) is 0.583. The number of rotatable bonds is 4. The Labute approximate surface area is 175 Å². The average molecular weight is 402 g/mol. The molecule has 2 aliphatic rings. The summed E-state index contributed by atoms with van der Waals surface area (Å²) >= 11 is 0. The van der Waals surface area contributed by atoms with Crippen molar-refractivity contribution >= 4 is 5.91 Å². The third-order valence-electron chi connectivity index (χ3n) is 6.53. The number of benzene rings is 1. The van der Waals surface area contributed by atoms with Gasteiger partial charge in [-0.05, 0) is 49.1 Å². The van der Waals surface area contributed by atoms with Gasteiger partial charge in [0, 0.05) is 54.8 Å². The minimum atomic E-state index is 0.0562. The maximum Gasteiger partial charge on any atom is 0.253 e. The summed E-state index contributed by atoms with van der Waals surface area (Å²) in [6.07, 6.45) is 6.63. The fraction of sp³-hybridized carbons (Fsp3) is 0.375. The average Bonchev–Trinajstić information content (AvgIpc) is 3.31. The van der Waals surface area contributed by atoms with Crippen LogP contribution < -0.4 is 5.56 Å². The molecule has 0 N–H and O–H groups in total. The van der Waals surface area contributed by atoms with Crippen molar-refractivity contribution in [2.24, 2.45) is 5.92 Å². The molecule has 2 aromatic heterocycles. The summed E-state index contributed by atoms with van der Waals surface area (Å²) in [7, 11) is 0. The van der Waals surface area contributed by atoms with E-state index >= 15 is 0 Å². The second-order valence-electron chi connectivity index (χ2n) is 8.42.